The van der Waals surface area contributed by atoms with Crippen molar-refractivity contribution < 1.29 is 9.59 Å². The standard InChI is InChI=1S/C28H28N6O2/c1-5-22-27-19(9-7-11-23(27)34(31-22)17-21-10-6-8-18(2)30-21)14-25(35)24-16-29-26-15-20(12-13-33(24)26)28(36)32(3)4/h6-13,15-16H,5,14,17H2,1-4H3. The molecule has 8 heteroatoms. The number of imidazole rings is 1. The molecule has 1 aromatic carbocycles. The molecule has 4 heterocycles. The van der Waals surface area contributed by atoms with Crippen molar-refractivity contribution in [3.8, 4) is 0 Å². The molecular formula is C28H28N6O2. The van der Waals surface area contributed by atoms with Gasteiger partial charge in [-0.1, -0.05) is 25.1 Å². The molecule has 182 valence electrons. The van der Waals surface area contributed by atoms with Gasteiger partial charge in [-0.3, -0.25) is 23.7 Å². The van der Waals surface area contributed by atoms with Crippen LogP contribution in [0.5, 0.6) is 0 Å². The normalized spacial score (nSPS) is 11.3. The van der Waals surface area contributed by atoms with Crippen LogP contribution in [0.25, 0.3) is 16.6 Å². The number of pyridine rings is 2. The van der Waals surface area contributed by atoms with Crippen molar-refractivity contribution in [2.45, 2.75) is 33.2 Å². The van der Waals surface area contributed by atoms with Crippen molar-refractivity contribution in [3.05, 3.63) is 94.8 Å². The summed E-state index contributed by atoms with van der Waals surface area (Å²) in [5, 5.41) is 5.89. The third kappa shape index (κ3) is 4.26. The van der Waals surface area contributed by atoms with Crippen molar-refractivity contribution in [2.24, 2.45) is 0 Å². The zero-order valence-electron chi connectivity index (χ0n) is 20.9. The summed E-state index contributed by atoms with van der Waals surface area (Å²) in [6, 6.07) is 15.4. The molecule has 5 aromatic rings. The molecule has 1 amide bonds. The first-order valence-corrected chi connectivity index (χ1v) is 12.0. The minimum absolute atomic E-state index is 0.0446. The van der Waals surface area contributed by atoms with Crippen LogP contribution in [0, 0.1) is 6.92 Å². The van der Waals surface area contributed by atoms with E-state index in [4.69, 9.17) is 5.10 Å². The average Bonchev–Trinajstić information content (AvgIpc) is 3.45. The Morgan fingerprint density at radius 2 is 1.86 bits per heavy atom. The number of ketones is 1. The molecule has 8 nitrogen and oxygen atoms in total. The predicted molar refractivity (Wildman–Crippen MR) is 138 cm³/mol. The van der Waals surface area contributed by atoms with E-state index in [9.17, 15) is 9.59 Å². The van der Waals surface area contributed by atoms with E-state index in [0.29, 0.717) is 23.4 Å². The number of fused-ring (bicyclic) bond motifs is 2. The second-order valence-corrected chi connectivity index (χ2v) is 9.13. The molecule has 0 spiro atoms. The first-order chi connectivity index (χ1) is 17.4. The van der Waals surface area contributed by atoms with Crippen LogP contribution in [0.15, 0.2) is 60.9 Å². The van der Waals surface area contributed by atoms with Crippen LogP contribution in [-0.2, 0) is 19.4 Å². The van der Waals surface area contributed by atoms with Gasteiger partial charge in [0.05, 0.1) is 29.6 Å². The minimum atomic E-state index is -0.106. The van der Waals surface area contributed by atoms with Gasteiger partial charge in [0.1, 0.15) is 11.3 Å². The van der Waals surface area contributed by atoms with E-state index in [2.05, 4.69) is 16.9 Å². The molecule has 0 aliphatic heterocycles. The lowest BCUT2D eigenvalue weighted by atomic mass is 10.0. The van der Waals surface area contributed by atoms with Gasteiger partial charge in [-0.2, -0.15) is 5.10 Å². The summed E-state index contributed by atoms with van der Waals surface area (Å²) in [6.45, 7) is 4.62. The van der Waals surface area contributed by atoms with Crippen LogP contribution in [0.4, 0.5) is 0 Å². The molecule has 0 aliphatic carbocycles. The number of aryl methyl sites for hydroxylation is 2. The third-order valence-corrected chi connectivity index (χ3v) is 6.33. The highest BCUT2D eigenvalue weighted by atomic mass is 16.2. The molecule has 0 atom stereocenters. The summed E-state index contributed by atoms with van der Waals surface area (Å²) >= 11 is 0. The van der Waals surface area contributed by atoms with E-state index in [0.717, 1.165) is 40.0 Å². The molecule has 0 bridgehead atoms. The van der Waals surface area contributed by atoms with Gasteiger partial charge in [0.15, 0.2) is 5.78 Å². The first-order valence-electron chi connectivity index (χ1n) is 12.0. The second kappa shape index (κ2) is 9.37. The molecular weight excluding hydrogens is 452 g/mol. The number of rotatable bonds is 7. The summed E-state index contributed by atoms with van der Waals surface area (Å²) in [5.74, 6) is -0.151. The smallest absolute Gasteiger partial charge is 0.253 e. The van der Waals surface area contributed by atoms with Gasteiger partial charge in [0.2, 0.25) is 0 Å². The van der Waals surface area contributed by atoms with E-state index >= 15 is 0 Å². The Hall–Kier alpha value is -4.33. The minimum Gasteiger partial charge on any atom is -0.345 e. The molecule has 0 aliphatic rings. The van der Waals surface area contributed by atoms with E-state index in [1.807, 2.05) is 48.0 Å². The number of carbonyl (C=O) groups excluding carboxylic acids is 2. The molecule has 0 N–H and O–H groups in total. The maximum Gasteiger partial charge on any atom is 0.253 e. The van der Waals surface area contributed by atoms with E-state index in [1.165, 1.54) is 4.90 Å². The number of nitrogens with zero attached hydrogens (tertiary/aromatic N) is 6. The summed E-state index contributed by atoms with van der Waals surface area (Å²) in [5.41, 5.74) is 6.39. The predicted octanol–water partition coefficient (Wildman–Crippen LogP) is 4.13. The van der Waals surface area contributed by atoms with Gasteiger partial charge in [-0.25, -0.2) is 4.98 Å². The fraction of sp³-hybridized carbons (Fsp3) is 0.250. The quantitative estimate of drug-likeness (QED) is 0.327. The summed E-state index contributed by atoms with van der Waals surface area (Å²) in [7, 11) is 3.41. The lowest BCUT2D eigenvalue weighted by Crippen LogP contribution is -2.21. The van der Waals surface area contributed by atoms with Gasteiger partial charge in [0, 0.05) is 43.4 Å². The number of amides is 1. The SMILES string of the molecule is CCc1nn(Cc2cccc(C)n2)c2cccc(CC(=O)c3cnc4cc(C(=O)N(C)C)ccn34)c12. The van der Waals surface area contributed by atoms with E-state index in [1.54, 1.807) is 43.0 Å². The van der Waals surface area contributed by atoms with Crippen LogP contribution in [-0.4, -0.2) is 54.8 Å². The molecule has 0 fully saturated rings. The van der Waals surface area contributed by atoms with Gasteiger partial charge in [0.25, 0.3) is 5.91 Å². The lowest BCUT2D eigenvalue weighted by molar-refractivity contribution is 0.0827. The van der Waals surface area contributed by atoms with Gasteiger partial charge < -0.3 is 4.90 Å². The van der Waals surface area contributed by atoms with E-state index in [-0.39, 0.29) is 18.1 Å². The van der Waals surface area contributed by atoms with Crippen molar-refractivity contribution in [2.75, 3.05) is 14.1 Å². The van der Waals surface area contributed by atoms with Crippen LogP contribution in [0.3, 0.4) is 0 Å². The maximum absolute atomic E-state index is 13.4. The second-order valence-electron chi connectivity index (χ2n) is 9.13. The Labute approximate surface area is 209 Å². The molecule has 0 saturated carbocycles. The molecule has 4 aromatic heterocycles. The topological polar surface area (TPSA) is 85.4 Å². The van der Waals surface area contributed by atoms with Crippen LogP contribution >= 0.6 is 0 Å². The number of hydrogen-bond donors (Lipinski definition) is 0. The number of hydrogen-bond acceptors (Lipinski definition) is 5. The molecule has 0 radical (unpaired) electrons. The number of carbonyl (C=O) groups is 2. The van der Waals surface area contributed by atoms with Crippen LogP contribution < -0.4 is 0 Å². The summed E-state index contributed by atoms with van der Waals surface area (Å²) < 4.78 is 3.71. The molecule has 0 saturated heterocycles. The largest absolute Gasteiger partial charge is 0.345 e. The number of aromatic nitrogens is 5. The zero-order valence-corrected chi connectivity index (χ0v) is 20.9. The molecule has 5 rings (SSSR count). The highest BCUT2D eigenvalue weighted by Gasteiger charge is 2.19. The number of Topliss-reactive ketones (excluding diaryl/α,β-unsaturated/α-hetero) is 1. The Morgan fingerprint density at radius 3 is 2.61 bits per heavy atom. The lowest BCUT2D eigenvalue weighted by Gasteiger charge is -2.10. The fourth-order valence-corrected chi connectivity index (χ4v) is 4.58. The third-order valence-electron chi connectivity index (χ3n) is 6.33. The Morgan fingerprint density at radius 1 is 1.06 bits per heavy atom. The monoisotopic (exact) mass is 480 g/mol. The fourth-order valence-electron chi connectivity index (χ4n) is 4.58. The summed E-state index contributed by atoms with van der Waals surface area (Å²) in [4.78, 5) is 36.2. The van der Waals surface area contributed by atoms with Crippen LogP contribution in [0.2, 0.25) is 0 Å². The highest BCUT2D eigenvalue weighted by molar-refractivity contribution is 6.00. The zero-order chi connectivity index (χ0) is 25.4. The summed E-state index contributed by atoms with van der Waals surface area (Å²) in [6.07, 6.45) is 4.30. The number of benzene rings is 1. The highest BCUT2D eigenvalue weighted by Crippen LogP contribution is 2.26. The van der Waals surface area contributed by atoms with E-state index < -0.39 is 0 Å². The Kier molecular flexibility index (Phi) is 6.10. The molecule has 0 unspecified atom stereocenters. The molecule has 36 heavy (non-hydrogen) atoms. The van der Waals surface area contributed by atoms with Gasteiger partial charge >= 0.3 is 0 Å². The van der Waals surface area contributed by atoms with Crippen molar-refractivity contribution in [1.29, 1.82) is 0 Å². The maximum atomic E-state index is 13.4. The van der Waals surface area contributed by atoms with Crippen molar-refractivity contribution in [1.82, 2.24) is 29.0 Å². The van der Waals surface area contributed by atoms with Gasteiger partial charge in [-0.05, 0) is 49.2 Å². The first kappa shape index (κ1) is 23.4. The van der Waals surface area contributed by atoms with Gasteiger partial charge in [-0.15, -0.1) is 0 Å². The average molecular weight is 481 g/mol. The van der Waals surface area contributed by atoms with Crippen LogP contribution in [0.1, 0.15) is 50.4 Å². The van der Waals surface area contributed by atoms with Crippen molar-refractivity contribution >= 4 is 28.2 Å². The van der Waals surface area contributed by atoms with Crippen molar-refractivity contribution in [3.63, 3.8) is 0 Å². The Balaban J connectivity index is 1.48. The Bertz CT molecular complexity index is 1610.